The highest BCUT2D eigenvalue weighted by Crippen LogP contribution is 2.30. The molecule has 19 heavy (non-hydrogen) atoms. The average Bonchev–Trinajstić information content (AvgIpc) is 2.70. The van der Waals surface area contributed by atoms with E-state index in [1.807, 2.05) is 0 Å². The number of rotatable bonds is 3. The molecule has 1 N–H and O–H groups in total. The van der Waals surface area contributed by atoms with Crippen molar-refractivity contribution in [2.45, 2.75) is 25.6 Å². The quantitative estimate of drug-likeness (QED) is 0.879. The van der Waals surface area contributed by atoms with Gasteiger partial charge < -0.3 is 0 Å². The molecule has 8 heteroatoms. The lowest BCUT2D eigenvalue weighted by Gasteiger charge is -2.17. The maximum Gasteiger partial charge on any atom is 0.391 e. The van der Waals surface area contributed by atoms with Crippen molar-refractivity contribution in [1.82, 2.24) is 19.7 Å². The van der Waals surface area contributed by atoms with Crippen LogP contribution in [0.3, 0.4) is 0 Å². The Morgan fingerprint density at radius 1 is 1.37 bits per heavy atom. The van der Waals surface area contributed by atoms with Gasteiger partial charge in [0.25, 0.3) is 0 Å². The first kappa shape index (κ1) is 13.7. The minimum atomic E-state index is -4.25. The zero-order valence-electron chi connectivity index (χ0n) is 9.98. The molecule has 0 aliphatic rings. The molecule has 1 atom stereocenters. The number of hydrogen-bond donors (Lipinski definition) is 1. The van der Waals surface area contributed by atoms with E-state index in [1.165, 1.54) is 11.5 Å². The largest absolute Gasteiger partial charge is 0.391 e. The lowest BCUT2D eigenvalue weighted by molar-refractivity contribution is -0.141. The van der Waals surface area contributed by atoms with E-state index < -0.39 is 18.6 Å². The summed E-state index contributed by atoms with van der Waals surface area (Å²) in [5.74, 6) is 0.379. The summed E-state index contributed by atoms with van der Waals surface area (Å²) in [6.07, 6.45) is -2.11. The highest BCUT2D eigenvalue weighted by Gasteiger charge is 2.32. The van der Waals surface area contributed by atoms with Crippen molar-refractivity contribution >= 4 is 12.2 Å². The Morgan fingerprint density at radius 3 is 2.58 bits per heavy atom. The maximum absolute atomic E-state index is 12.5. The van der Waals surface area contributed by atoms with Crippen molar-refractivity contribution in [3.8, 4) is 11.4 Å². The van der Waals surface area contributed by atoms with Crippen LogP contribution in [0.5, 0.6) is 0 Å². The van der Waals surface area contributed by atoms with Gasteiger partial charge in [0.15, 0.2) is 10.6 Å². The number of aromatic nitrogens is 4. The average molecular weight is 288 g/mol. The molecule has 0 radical (unpaired) electrons. The normalized spacial score (nSPS) is 13.5. The predicted octanol–water partition coefficient (Wildman–Crippen LogP) is 3.52. The van der Waals surface area contributed by atoms with Crippen LogP contribution in [0.15, 0.2) is 24.5 Å². The Morgan fingerprint density at radius 2 is 2.00 bits per heavy atom. The van der Waals surface area contributed by atoms with Gasteiger partial charge in [0, 0.05) is 24.0 Å². The van der Waals surface area contributed by atoms with E-state index in [-0.39, 0.29) is 4.77 Å². The van der Waals surface area contributed by atoms with Gasteiger partial charge in [-0.15, -0.1) is 0 Å². The van der Waals surface area contributed by atoms with Crippen molar-refractivity contribution in [3.63, 3.8) is 0 Å². The van der Waals surface area contributed by atoms with Crippen molar-refractivity contribution in [3.05, 3.63) is 29.3 Å². The van der Waals surface area contributed by atoms with Gasteiger partial charge in [0.2, 0.25) is 0 Å². The first-order valence-corrected chi connectivity index (χ1v) is 5.93. The molecule has 0 aromatic carbocycles. The zero-order valence-corrected chi connectivity index (χ0v) is 10.8. The summed E-state index contributed by atoms with van der Waals surface area (Å²) >= 11 is 5.00. The number of H-pyrrole nitrogens is 1. The Balaban J connectivity index is 2.41. The third-order valence-electron chi connectivity index (χ3n) is 2.61. The van der Waals surface area contributed by atoms with Crippen LogP contribution in [0.25, 0.3) is 11.4 Å². The fourth-order valence-electron chi connectivity index (χ4n) is 1.84. The summed E-state index contributed by atoms with van der Waals surface area (Å²) < 4.78 is 39.0. The minimum absolute atomic E-state index is 0.170. The predicted molar refractivity (Wildman–Crippen MR) is 66.0 cm³/mol. The van der Waals surface area contributed by atoms with E-state index in [2.05, 4.69) is 15.2 Å². The number of aromatic amines is 1. The molecule has 4 nitrogen and oxygen atoms in total. The highest BCUT2D eigenvalue weighted by atomic mass is 32.1. The van der Waals surface area contributed by atoms with E-state index in [9.17, 15) is 13.2 Å². The van der Waals surface area contributed by atoms with Crippen LogP contribution in [0.4, 0.5) is 13.2 Å². The van der Waals surface area contributed by atoms with Crippen LogP contribution in [0.1, 0.15) is 19.4 Å². The second kappa shape index (κ2) is 5.12. The summed E-state index contributed by atoms with van der Waals surface area (Å²) in [6, 6.07) is 2.51. The van der Waals surface area contributed by atoms with E-state index in [1.54, 1.807) is 24.5 Å². The smallest absolute Gasteiger partial charge is 0.297 e. The number of nitrogens with zero attached hydrogens (tertiary/aromatic N) is 3. The van der Waals surface area contributed by atoms with Crippen LogP contribution < -0.4 is 0 Å². The van der Waals surface area contributed by atoms with Gasteiger partial charge in [0.05, 0.1) is 6.42 Å². The molecule has 2 aromatic rings. The summed E-state index contributed by atoms with van der Waals surface area (Å²) in [6.45, 7) is 1.46. The molecule has 1 unspecified atom stereocenters. The Hall–Kier alpha value is -1.70. The molecule has 0 aliphatic heterocycles. The van der Waals surface area contributed by atoms with Gasteiger partial charge in [-0.2, -0.15) is 18.3 Å². The summed E-state index contributed by atoms with van der Waals surface area (Å²) in [5, 5.41) is 6.52. The third kappa shape index (κ3) is 3.19. The fraction of sp³-hybridized carbons (Fsp3) is 0.364. The molecule has 2 heterocycles. The lowest BCUT2D eigenvalue weighted by Crippen LogP contribution is -2.17. The Kier molecular flexibility index (Phi) is 3.70. The van der Waals surface area contributed by atoms with Crippen LogP contribution in [-0.4, -0.2) is 25.9 Å². The SMILES string of the molecule is CC(CC(F)(F)F)n1c(-c2ccncc2)n[nH]c1=S. The molecular formula is C11H11F3N4S. The van der Waals surface area contributed by atoms with E-state index in [0.29, 0.717) is 11.4 Å². The van der Waals surface area contributed by atoms with Crippen molar-refractivity contribution in [2.75, 3.05) is 0 Å². The first-order valence-electron chi connectivity index (χ1n) is 5.52. The molecule has 0 fully saturated rings. The van der Waals surface area contributed by atoms with Gasteiger partial charge in [-0.1, -0.05) is 0 Å². The molecule has 0 spiro atoms. The van der Waals surface area contributed by atoms with Gasteiger partial charge >= 0.3 is 6.18 Å². The number of pyridine rings is 1. The second-order valence-electron chi connectivity index (χ2n) is 4.13. The molecule has 2 aromatic heterocycles. The van der Waals surface area contributed by atoms with Crippen LogP contribution in [-0.2, 0) is 0 Å². The monoisotopic (exact) mass is 288 g/mol. The number of hydrogen-bond acceptors (Lipinski definition) is 3. The molecule has 0 aliphatic carbocycles. The van der Waals surface area contributed by atoms with Crippen LogP contribution in [0, 0.1) is 4.77 Å². The Labute approximate surface area is 112 Å². The molecular weight excluding hydrogens is 277 g/mol. The molecule has 0 amide bonds. The summed E-state index contributed by atoms with van der Waals surface area (Å²) in [5.41, 5.74) is 0.663. The molecule has 0 saturated carbocycles. The lowest BCUT2D eigenvalue weighted by atomic mass is 10.2. The van der Waals surface area contributed by atoms with Crippen LogP contribution in [0.2, 0.25) is 0 Å². The minimum Gasteiger partial charge on any atom is -0.297 e. The third-order valence-corrected chi connectivity index (χ3v) is 2.90. The van der Waals surface area contributed by atoms with Crippen molar-refractivity contribution in [2.24, 2.45) is 0 Å². The van der Waals surface area contributed by atoms with Gasteiger partial charge in [0.1, 0.15) is 0 Å². The van der Waals surface area contributed by atoms with E-state index in [0.717, 1.165) is 0 Å². The maximum atomic E-state index is 12.5. The van der Waals surface area contributed by atoms with Crippen LogP contribution >= 0.6 is 12.2 Å². The first-order chi connectivity index (χ1) is 8.88. The standard InChI is InChI=1S/C11H11F3N4S/c1-7(6-11(12,13)14)18-9(16-17-10(18)19)8-2-4-15-5-3-8/h2-5,7H,6H2,1H3,(H,17,19). The van der Waals surface area contributed by atoms with Crippen molar-refractivity contribution < 1.29 is 13.2 Å². The molecule has 2 rings (SSSR count). The number of alkyl halides is 3. The summed E-state index contributed by atoms with van der Waals surface area (Å²) in [7, 11) is 0. The molecule has 0 saturated heterocycles. The topological polar surface area (TPSA) is 46.5 Å². The molecule has 0 bridgehead atoms. The summed E-state index contributed by atoms with van der Waals surface area (Å²) in [4.78, 5) is 3.86. The molecule has 102 valence electrons. The highest BCUT2D eigenvalue weighted by molar-refractivity contribution is 7.71. The zero-order chi connectivity index (χ0) is 14.0. The van der Waals surface area contributed by atoms with E-state index >= 15 is 0 Å². The fourth-order valence-corrected chi connectivity index (χ4v) is 2.16. The number of halogens is 3. The van der Waals surface area contributed by atoms with E-state index in [4.69, 9.17) is 12.2 Å². The second-order valence-corrected chi connectivity index (χ2v) is 4.51. The van der Waals surface area contributed by atoms with Gasteiger partial charge in [-0.3, -0.25) is 14.6 Å². The van der Waals surface area contributed by atoms with Gasteiger partial charge in [-0.05, 0) is 31.3 Å². The Bertz CT molecular complexity index is 602. The number of nitrogens with one attached hydrogen (secondary N) is 1. The van der Waals surface area contributed by atoms with Crippen molar-refractivity contribution in [1.29, 1.82) is 0 Å². The van der Waals surface area contributed by atoms with Gasteiger partial charge in [-0.25, -0.2) is 0 Å².